The van der Waals surface area contributed by atoms with E-state index < -0.39 is 0 Å². The summed E-state index contributed by atoms with van der Waals surface area (Å²) >= 11 is 3.39. The Morgan fingerprint density at radius 3 is 2.09 bits per heavy atom. The Bertz CT molecular complexity index is 236. The van der Waals surface area contributed by atoms with Crippen molar-refractivity contribution in [3.05, 3.63) is 22.1 Å². The zero-order chi connectivity index (χ0) is 8.65. The van der Waals surface area contributed by atoms with E-state index in [2.05, 4.69) is 43.6 Å². The fourth-order valence-electron chi connectivity index (χ4n) is 1.30. The van der Waals surface area contributed by atoms with E-state index in [4.69, 9.17) is 4.42 Å². The van der Waals surface area contributed by atoms with E-state index in [0.717, 1.165) is 4.67 Å². The first-order valence-corrected chi connectivity index (χ1v) is 4.46. The molecule has 0 N–H and O–H groups in total. The van der Waals surface area contributed by atoms with E-state index in [1.807, 2.05) is 0 Å². The van der Waals surface area contributed by atoms with Crippen LogP contribution in [0.25, 0.3) is 0 Å². The molecule has 1 nitrogen and oxygen atoms in total. The second-order valence-corrected chi connectivity index (χ2v) is 4.54. The second-order valence-electron chi connectivity index (χ2n) is 3.82. The van der Waals surface area contributed by atoms with Crippen molar-refractivity contribution in [1.82, 2.24) is 0 Å². The third kappa shape index (κ3) is 1.67. The predicted molar refractivity (Wildman–Crippen MR) is 49.8 cm³/mol. The van der Waals surface area contributed by atoms with Gasteiger partial charge in [0.15, 0.2) is 4.67 Å². The molecule has 1 rings (SSSR count). The largest absolute Gasteiger partial charge is 0.457 e. The van der Waals surface area contributed by atoms with Crippen LogP contribution >= 0.6 is 15.9 Å². The second kappa shape index (κ2) is 2.67. The van der Waals surface area contributed by atoms with Crippen LogP contribution in [0.4, 0.5) is 0 Å². The van der Waals surface area contributed by atoms with Crippen molar-refractivity contribution in [2.75, 3.05) is 0 Å². The Labute approximate surface area is 75.9 Å². The molecule has 0 aromatic carbocycles. The van der Waals surface area contributed by atoms with Gasteiger partial charge in [0.1, 0.15) is 0 Å². The minimum atomic E-state index is 0.163. The lowest BCUT2D eigenvalue weighted by Gasteiger charge is -2.17. The summed E-state index contributed by atoms with van der Waals surface area (Å²) in [7, 11) is 0. The molecule has 1 aromatic rings. The van der Waals surface area contributed by atoms with Gasteiger partial charge in [-0.25, -0.2) is 0 Å². The highest BCUT2D eigenvalue weighted by Gasteiger charge is 2.21. The first kappa shape index (κ1) is 8.85. The van der Waals surface area contributed by atoms with Gasteiger partial charge in [0, 0.05) is 5.56 Å². The SMILES string of the molecule is Cc1coc(Br)c1C(C)(C)C. The number of hydrogen-bond donors (Lipinski definition) is 0. The van der Waals surface area contributed by atoms with Crippen LogP contribution in [0.15, 0.2) is 15.3 Å². The van der Waals surface area contributed by atoms with Gasteiger partial charge in [-0.1, -0.05) is 20.8 Å². The maximum absolute atomic E-state index is 5.24. The van der Waals surface area contributed by atoms with Crippen molar-refractivity contribution in [1.29, 1.82) is 0 Å². The van der Waals surface area contributed by atoms with Crippen molar-refractivity contribution in [3.8, 4) is 0 Å². The van der Waals surface area contributed by atoms with Crippen molar-refractivity contribution in [2.45, 2.75) is 33.1 Å². The van der Waals surface area contributed by atoms with Crippen LogP contribution < -0.4 is 0 Å². The smallest absolute Gasteiger partial charge is 0.172 e. The molecule has 0 aliphatic carbocycles. The molecule has 0 saturated carbocycles. The Morgan fingerprint density at radius 1 is 1.36 bits per heavy atom. The molecule has 0 saturated heterocycles. The molecular weight excluding hydrogens is 204 g/mol. The monoisotopic (exact) mass is 216 g/mol. The zero-order valence-corrected chi connectivity index (χ0v) is 8.95. The lowest BCUT2D eigenvalue weighted by atomic mass is 9.87. The quantitative estimate of drug-likeness (QED) is 0.646. The number of aryl methyl sites for hydroxylation is 1. The Kier molecular flexibility index (Phi) is 2.15. The van der Waals surface area contributed by atoms with Gasteiger partial charge in [-0.15, -0.1) is 0 Å². The van der Waals surface area contributed by atoms with E-state index in [1.165, 1.54) is 11.1 Å². The fraction of sp³-hybridized carbons (Fsp3) is 0.556. The van der Waals surface area contributed by atoms with Crippen molar-refractivity contribution < 1.29 is 4.42 Å². The summed E-state index contributed by atoms with van der Waals surface area (Å²) in [5.41, 5.74) is 2.64. The average Bonchev–Trinajstić information content (AvgIpc) is 2.08. The highest BCUT2D eigenvalue weighted by Crippen LogP contribution is 2.33. The third-order valence-electron chi connectivity index (χ3n) is 1.68. The summed E-state index contributed by atoms with van der Waals surface area (Å²) in [5, 5.41) is 0. The van der Waals surface area contributed by atoms with E-state index in [9.17, 15) is 0 Å². The van der Waals surface area contributed by atoms with Crippen molar-refractivity contribution >= 4 is 15.9 Å². The van der Waals surface area contributed by atoms with Gasteiger partial charge in [0.2, 0.25) is 0 Å². The summed E-state index contributed by atoms with van der Waals surface area (Å²) < 4.78 is 6.10. The zero-order valence-electron chi connectivity index (χ0n) is 7.36. The summed E-state index contributed by atoms with van der Waals surface area (Å²) in [6, 6.07) is 0. The summed E-state index contributed by atoms with van der Waals surface area (Å²) in [6.07, 6.45) is 1.78. The molecule has 0 unspecified atom stereocenters. The van der Waals surface area contributed by atoms with Crippen molar-refractivity contribution in [3.63, 3.8) is 0 Å². The maximum atomic E-state index is 5.24. The van der Waals surface area contributed by atoms with E-state index >= 15 is 0 Å². The van der Waals surface area contributed by atoms with Gasteiger partial charge in [0.05, 0.1) is 6.26 Å². The molecule has 11 heavy (non-hydrogen) atoms. The molecule has 1 heterocycles. The van der Waals surface area contributed by atoms with Gasteiger partial charge < -0.3 is 4.42 Å². The summed E-state index contributed by atoms with van der Waals surface area (Å²) in [5.74, 6) is 0. The van der Waals surface area contributed by atoms with Crippen LogP contribution in [0.5, 0.6) is 0 Å². The molecular formula is C9H13BrO. The first-order chi connectivity index (χ1) is 4.93. The number of hydrogen-bond acceptors (Lipinski definition) is 1. The van der Waals surface area contributed by atoms with Crippen LogP contribution in [-0.4, -0.2) is 0 Å². The van der Waals surface area contributed by atoms with Crippen LogP contribution in [0.2, 0.25) is 0 Å². The molecule has 0 bridgehead atoms. The summed E-state index contributed by atoms with van der Waals surface area (Å²) in [4.78, 5) is 0. The third-order valence-corrected chi connectivity index (χ3v) is 2.26. The highest BCUT2D eigenvalue weighted by molar-refractivity contribution is 9.10. The highest BCUT2D eigenvalue weighted by atomic mass is 79.9. The molecule has 1 aromatic heterocycles. The molecule has 0 spiro atoms. The normalized spacial score (nSPS) is 12.1. The van der Waals surface area contributed by atoms with Gasteiger partial charge in [-0.2, -0.15) is 0 Å². The topological polar surface area (TPSA) is 13.1 Å². The lowest BCUT2D eigenvalue weighted by Crippen LogP contribution is -2.11. The minimum absolute atomic E-state index is 0.163. The molecule has 0 fully saturated rings. The van der Waals surface area contributed by atoms with Gasteiger partial charge in [-0.05, 0) is 33.8 Å². The van der Waals surface area contributed by atoms with Crippen LogP contribution in [0.1, 0.15) is 31.9 Å². The number of halogens is 1. The Morgan fingerprint density at radius 2 is 1.91 bits per heavy atom. The van der Waals surface area contributed by atoms with Gasteiger partial charge in [-0.3, -0.25) is 0 Å². The molecule has 0 amide bonds. The first-order valence-electron chi connectivity index (χ1n) is 3.67. The molecule has 62 valence electrons. The molecule has 0 aliphatic heterocycles. The van der Waals surface area contributed by atoms with Crippen LogP contribution in [0.3, 0.4) is 0 Å². The minimum Gasteiger partial charge on any atom is -0.457 e. The molecule has 0 atom stereocenters. The summed E-state index contributed by atoms with van der Waals surface area (Å²) in [6.45, 7) is 8.59. The molecule has 2 heteroatoms. The van der Waals surface area contributed by atoms with E-state index in [-0.39, 0.29) is 5.41 Å². The molecule has 0 aliphatic rings. The van der Waals surface area contributed by atoms with Crippen molar-refractivity contribution in [2.24, 2.45) is 0 Å². The average molecular weight is 217 g/mol. The number of furan rings is 1. The molecule has 0 radical (unpaired) electrons. The lowest BCUT2D eigenvalue weighted by molar-refractivity contribution is 0.512. The van der Waals surface area contributed by atoms with Crippen LogP contribution in [-0.2, 0) is 5.41 Å². The van der Waals surface area contributed by atoms with Gasteiger partial charge in [0.25, 0.3) is 0 Å². The Balaban J connectivity index is 3.21. The maximum Gasteiger partial charge on any atom is 0.172 e. The van der Waals surface area contributed by atoms with Crippen LogP contribution in [0, 0.1) is 6.92 Å². The standard InChI is InChI=1S/C9H13BrO/c1-6-5-11-8(10)7(6)9(2,3)4/h5H,1-4H3. The predicted octanol–water partition coefficient (Wildman–Crippen LogP) is 3.65. The van der Waals surface area contributed by atoms with E-state index in [1.54, 1.807) is 6.26 Å². The van der Waals surface area contributed by atoms with E-state index in [0.29, 0.717) is 0 Å². The Hall–Kier alpha value is -0.240. The fourth-order valence-corrected chi connectivity index (χ4v) is 2.30. The van der Waals surface area contributed by atoms with Gasteiger partial charge >= 0.3 is 0 Å². The number of rotatable bonds is 0.